The first-order valence-electron chi connectivity index (χ1n) is 7.74. The summed E-state index contributed by atoms with van der Waals surface area (Å²) < 4.78 is 5.26. The van der Waals surface area contributed by atoms with Gasteiger partial charge in [-0.25, -0.2) is 4.79 Å². The van der Waals surface area contributed by atoms with Crippen molar-refractivity contribution in [1.29, 1.82) is 0 Å². The Hall–Kier alpha value is -0.770. The molecule has 0 radical (unpaired) electrons. The molecule has 1 aliphatic heterocycles. The number of carbonyl (C=O) groups excluding carboxylic acids is 1. The van der Waals surface area contributed by atoms with Crippen molar-refractivity contribution in [3.63, 3.8) is 0 Å². The summed E-state index contributed by atoms with van der Waals surface area (Å²) in [7, 11) is 0. The Kier molecular flexibility index (Phi) is 5.87. The molecule has 1 rings (SSSR count). The van der Waals surface area contributed by atoms with Crippen LogP contribution in [-0.4, -0.2) is 42.8 Å². The van der Waals surface area contributed by atoms with Gasteiger partial charge in [0.2, 0.25) is 0 Å². The molecule has 0 aliphatic carbocycles. The molecule has 0 aromatic rings. The molecule has 0 spiro atoms. The summed E-state index contributed by atoms with van der Waals surface area (Å²) in [5.41, 5.74) is -0.0538. The van der Waals surface area contributed by atoms with Gasteiger partial charge in [0, 0.05) is 13.1 Å². The summed E-state index contributed by atoms with van der Waals surface area (Å²) in [5, 5.41) is 2.89. The van der Waals surface area contributed by atoms with E-state index in [1.54, 1.807) is 0 Å². The third kappa shape index (κ3) is 7.73. The van der Waals surface area contributed by atoms with Crippen molar-refractivity contribution in [1.82, 2.24) is 10.2 Å². The molecule has 0 aromatic heterocycles. The first kappa shape index (κ1) is 17.3. The van der Waals surface area contributed by atoms with Gasteiger partial charge in [-0.1, -0.05) is 20.8 Å². The van der Waals surface area contributed by atoms with E-state index in [1.165, 1.54) is 0 Å². The molecule has 1 heterocycles. The van der Waals surface area contributed by atoms with E-state index in [0.29, 0.717) is 11.3 Å². The lowest BCUT2D eigenvalue weighted by molar-refractivity contribution is 0.0507. The van der Waals surface area contributed by atoms with Crippen LogP contribution in [0.3, 0.4) is 0 Å². The second-order valence-electron chi connectivity index (χ2n) is 8.16. The Labute approximate surface area is 124 Å². The summed E-state index contributed by atoms with van der Waals surface area (Å²) in [6.07, 6.45) is 2.02. The van der Waals surface area contributed by atoms with Crippen LogP contribution in [0.5, 0.6) is 0 Å². The second-order valence-corrected chi connectivity index (χ2v) is 8.16. The van der Waals surface area contributed by atoms with Crippen LogP contribution in [-0.2, 0) is 4.74 Å². The number of amides is 1. The van der Waals surface area contributed by atoms with Crippen molar-refractivity contribution >= 4 is 6.09 Å². The van der Waals surface area contributed by atoms with Crippen LogP contribution in [0.4, 0.5) is 4.79 Å². The molecule has 0 saturated carbocycles. The highest BCUT2D eigenvalue weighted by molar-refractivity contribution is 5.67. The molecule has 0 aromatic carbocycles. The molecule has 1 saturated heterocycles. The molecule has 0 unspecified atom stereocenters. The number of nitrogens with one attached hydrogen (secondary N) is 1. The number of alkyl carbamates (subject to hydrolysis) is 1. The molecule has 0 atom stereocenters. The third-order valence-electron chi connectivity index (χ3n) is 3.34. The average molecular weight is 284 g/mol. The molecule has 1 aliphatic rings. The lowest BCUT2D eigenvalue weighted by Gasteiger charge is -2.36. The Morgan fingerprint density at radius 2 is 1.70 bits per heavy atom. The van der Waals surface area contributed by atoms with Crippen molar-refractivity contribution in [2.75, 3.05) is 26.2 Å². The van der Waals surface area contributed by atoms with E-state index >= 15 is 0 Å². The topological polar surface area (TPSA) is 41.6 Å². The number of hydrogen-bond donors (Lipinski definition) is 1. The summed E-state index contributed by atoms with van der Waals surface area (Å²) in [6, 6.07) is 0. The fraction of sp³-hybridized carbons (Fsp3) is 0.938. The second kappa shape index (κ2) is 6.79. The van der Waals surface area contributed by atoms with Crippen LogP contribution in [0.25, 0.3) is 0 Å². The fourth-order valence-electron chi connectivity index (χ4n) is 2.56. The maximum Gasteiger partial charge on any atom is 0.407 e. The first-order chi connectivity index (χ1) is 9.05. The van der Waals surface area contributed by atoms with Gasteiger partial charge in [-0.3, -0.25) is 0 Å². The predicted molar refractivity (Wildman–Crippen MR) is 82.9 cm³/mol. The minimum absolute atomic E-state index is 0.297. The van der Waals surface area contributed by atoms with Gasteiger partial charge in [-0.05, 0) is 58.0 Å². The summed E-state index contributed by atoms with van der Waals surface area (Å²) >= 11 is 0. The minimum atomic E-state index is -0.417. The molecule has 0 bridgehead atoms. The van der Waals surface area contributed by atoms with E-state index in [1.807, 2.05) is 20.8 Å². The number of hydrogen-bond acceptors (Lipinski definition) is 3. The van der Waals surface area contributed by atoms with Crippen molar-refractivity contribution in [2.45, 2.75) is 60.0 Å². The number of piperidine rings is 1. The van der Waals surface area contributed by atoms with Crippen LogP contribution in [0.2, 0.25) is 0 Å². The lowest BCUT2D eigenvalue weighted by Crippen LogP contribution is -2.42. The molecule has 20 heavy (non-hydrogen) atoms. The normalized spacial score (nSPS) is 18.9. The zero-order chi connectivity index (χ0) is 15.4. The van der Waals surface area contributed by atoms with Gasteiger partial charge in [-0.15, -0.1) is 0 Å². The minimum Gasteiger partial charge on any atom is -0.444 e. The summed E-state index contributed by atoms with van der Waals surface area (Å²) in [6.45, 7) is 16.7. The zero-order valence-electron chi connectivity index (χ0n) is 14.1. The molecule has 1 amide bonds. The molecule has 4 heteroatoms. The maximum absolute atomic E-state index is 11.6. The van der Waals surface area contributed by atoms with E-state index < -0.39 is 5.60 Å². The number of rotatable bonds is 3. The smallest absolute Gasteiger partial charge is 0.407 e. The van der Waals surface area contributed by atoms with Crippen LogP contribution in [0.15, 0.2) is 0 Å². The number of carbonyl (C=O) groups is 1. The SMILES string of the molecule is CC(C)(C)CN1CCC(CNC(=O)OC(C)(C)C)CC1. The largest absolute Gasteiger partial charge is 0.444 e. The predicted octanol–water partition coefficient (Wildman–Crippen LogP) is 3.27. The van der Waals surface area contributed by atoms with E-state index in [-0.39, 0.29) is 6.09 Å². The molecule has 4 nitrogen and oxygen atoms in total. The van der Waals surface area contributed by atoms with E-state index in [2.05, 4.69) is 31.0 Å². The third-order valence-corrected chi connectivity index (χ3v) is 3.34. The van der Waals surface area contributed by atoms with Crippen molar-refractivity contribution in [3.05, 3.63) is 0 Å². The van der Waals surface area contributed by atoms with Crippen LogP contribution >= 0.6 is 0 Å². The zero-order valence-corrected chi connectivity index (χ0v) is 14.1. The van der Waals surface area contributed by atoms with Gasteiger partial charge in [0.15, 0.2) is 0 Å². The van der Waals surface area contributed by atoms with Crippen LogP contribution < -0.4 is 5.32 Å². The summed E-state index contributed by atoms with van der Waals surface area (Å²) in [4.78, 5) is 14.1. The highest BCUT2D eigenvalue weighted by Crippen LogP contribution is 2.21. The number of ether oxygens (including phenoxy) is 1. The average Bonchev–Trinajstić information content (AvgIpc) is 2.23. The van der Waals surface area contributed by atoms with E-state index in [9.17, 15) is 4.79 Å². The maximum atomic E-state index is 11.6. The Morgan fingerprint density at radius 1 is 1.15 bits per heavy atom. The van der Waals surface area contributed by atoms with Crippen molar-refractivity contribution in [2.24, 2.45) is 11.3 Å². The van der Waals surface area contributed by atoms with Gasteiger partial charge in [0.1, 0.15) is 5.60 Å². The monoisotopic (exact) mass is 284 g/mol. The molecular formula is C16H32N2O2. The van der Waals surface area contributed by atoms with Crippen LogP contribution in [0, 0.1) is 11.3 Å². The van der Waals surface area contributed by atoms with Gasteiger partial charge >= 0.3 is 6.09 Å². The Balaban J connectivity index is 2.21. The Morgan fingerprint density at radius 3 is 2.15 bits per heavy atom. The standard InChI is InChI=1S/C16H32N2O2/c1-15(2,3)12-18-9-7-13(8-10-18)11-17-14(19)20-16(4,5)6/h13H,7-12H2,1-6H3,(H,17,19). The fourth-order valence-corrected chi connectivity index (χ4v) is 2.56. The Bertz CT molecular complexity index is 307. The van der Waals surface area contributed by atoms with Gasteiger partial charge < -0.3 is 15.0 Å². The molecule has 118 valence electrons. The quantitative estimate of drug-likeness (QED) is 0.865. The van der Waals surface area contributed by atoms with Crippen molar-refractivity contribution in [3.8, 4) is 0 Å². The van der Waals surface area contributed by atoms with E-state index in [0.717, 1.165) is 39.0 Å². The highest BCUT2D eigenvalue weighted by atomic mass is 16.6. The number of nitrogens with zero attached hydrogens (tertiary/aromatic N) is 1. The van der Waals surface area contributed by atoms with Gasteiger partial charge in [0.05, 0.1) is 0 Å². The molecule has 1 N–H and O–H groups in total. The van der Waals surface area contributed by atoms with Gasteiger partial charge in [-0.2, -0.15) is 0 Å². The van der Waals surface area contributed by atoms with E-state index in [4.69, 9.17) is 4.74 Å². The molecular weight excluding hydrogens is 252 g/mol. The number of likely N-dealkylation sites (tertiary alicyclic amines) is 1. The van der Waals surface area contributed by atoms with Crippen LogP contribution in [0.1, 0.15) is 54.4 Å². The first-order valence-corrected chi connectivity index (χ1v) is 7.74. The molecule has 1 fully saturated rings. The van der Waals surface area contributed by atoms with Gasteiger partial charge in [0.25, 0.3) is 0 Å². The lowest BCUT2D eigenvalue weighted by atomic mass is 9.92. The highest BCUT2D eigenvalue weighted by Gasteiger charge is 2.24. The van der Waals surface area contributed by atoms with Crippen molar-refractivity contribution < 1.29 is 9.53 Å². The summed E-state index contributed by atoms with van der Waals surface area (Å²) in [5.74, 6) is 0.582.